The van der Waals surface area contributed by atoms with Gasteiger partial charge in [0.2, 0.25) is 0 Å². The summed E-state index contributed by atoms with van der Waals surface area (Å²) in [6.45, 7) is 3.55. The number of non-ortho nitro benzene ring substituents is 1. The number of nitrogens with one attached hydrogen (secondary N) is 1. The number of hydrogen-bond donors (Lipinski definition) is 1. The molecule has 19 heteroatoms. The summed E-state index contributed by atoms with van der Waals surface area (Å²) >= 11 is 0. The Morgan fingerprint density at radius 3 is 1.78 bits per heavy atom. The van der Waals surface area contributed by atoms with E-state index < -0.39 is 40.9 Å². The minimum absolute atomic E-state index is 0. The van der Waals surface area contributed by atoms with Crippen LogP contribution < -0.4 is 64.4 Å². The molecule has 0 atom stereocenters. The summed E-state index contributed by atoms with van der Waals surface area (Å²) in [7, 11) is -10.2. The van der Waals surface area contributed by atoms with Crippen LogP contribution in [0.3, 0.4) is 0 Å². The van der Waals surface area contributed by atoms with Gasteiger partial charge in [-0.3, -0.25) is 14.9 Å². The number of benzene rings is 5. The van der Waals surface area contributed by atoms with Crippen LogP contribution in [-0.2, 0) is 20.2 Å². The van der Waals surface area contributed by atoms with E-state index in [1.165, 1.54) is 42.5 Å². The number of hydrogen-bond acceptors (Lipinski definition) is 13. The first-order chi connectivity index (χ1) is 22.6. The Morgan fingerprint density at radius 2 is 1.24 bits per heavy atom. The normalized spacial score (nSPS) is 11.7. The van der Waals surface area contributed by atoms with Crippen molar-refractivity contribution in [2.75, 3.05) is 5.32 Å². The van der Waals surface area contributed by atoms with Crippen LogP contribution in [0.4, 0.5) is 34.1 Å². The van der Waals surface area contributed by atoms with E-state index in [-0.39, 0.29) is 86.8 Å². The molecule has 5 aromatic rings. The van der Waals surface area contributed by atoms with Crippen LogP contribution in [0.2, 0.25) is 0 Å². The summed E-state index contributed by atoms with van der Waals surface area (Å²) in [5.41, 5.74) is 3.68. The molecule has 5 rings (SSSR count). The second-order valence-electron chi connectivity index (χ2n) is 10.4. The van der Waals surface area contributed by atoms with Crippen molar-refractivity contribution in [1.29, 1.82) is 0 Å². The summed E-state index contributed by atoms with van der Waals surface area (Å²) in [6, 6.07) is 20.7. The maximum atomic E-state index is 12.5. The number of amides is 1. The molecule has 0 fully saturated rings. The fraction of sp³-hybridized carbons (Fsp3) is 0.0645. The Kier molecular flexibility index (Phi) is 13.4. The van der Waals surface area contributed by atoms with Gasteiger partial charge in [0.15, 0.2) is 0 Å². The Bertz CT molecular complexity index is 2410. The summed E-state index contributed by atoms with van der Waals surface area (Å²) in [5, 5.41) is 30.3. The van der Waals surface area contributed by atoms with E-state index in [4.69, 9.17) is 0 Å². The number of nitro benzene ring substituents is 1. The molecule has 0 aliphatic heterocycles. The standard InChI is InChI=1S/C31H24N6O9S2.2Na/c1-18-13-22(32-31(38)20-4-9-25(10-5-20)37(39)40)7-11-28(18)35-33-23-8-12-29(19(2)14-23)36-34-24-6-3-21-15-26(47(41,42)43)17-30(27(21)16-24)48(44,45)46;;/h3-17H,1-2H3,(H,32,38)(H,41,42,43)(H,44,45,46);;/q;2*+1/p-2. The fourth-order valence-electron chi connectivity index (χ4n) is 4.52. The van der Waals surface area contributed by atoms with E-state index in [1.807, 2.05) is 0 Å². The van der Waals surface area contributed by atoms with E-state index in [2.05, 4.69) is 25.8 Å². The van der Waals surface area contributed by atoms with Crippen LogP contribution in [0.5, 0.6) is 0 Å². The molecule has 0 aliphatic carbocycles. The van der Waals surface area contributed by atoms with Gasteiger partial charge in [-0.1, -0.05) is 6.07 Å². The van der Waals surface area contributed by atoms with Gasteiger partial charge in [-0.25, -0.2) is 16.8 Å². The second kappa shape index (κ2) is 16.5. The third kappa shape index (κ3) is 9.94. The van der Waals surface area contributed by atoms with Crippen LogP contribution in [0.25, 0.3) is 10.8 Å². The molecule has 1 amide bonds. The monoisotopic (exact) mass is 732 g/mol. The second-order valence-corrected chi connectivity index (χ2v) is 13.1. The number of nitro groups is 1. The van der Waals surface area contributed by atoms with Crippen LogP contribution >= 0.6 is 0 Å². The van der Waals surface area contributed by atoms with Crippen molar-refractivity contribution in [2.24, 2.45) is 20.5 Å². The van der Waals surface area contributed by atoms with Gasteiger partial charge in [0.25, 0.3) is 11.6 Å². The fourth-order valence-corrected chi connectivity index (χ4v) is 5.84. The first-order valence-electron chi connectivity index (χ1n) is 13.7. The molecule has 244 valence electrons. The number of aryl methyl sites for hydroxylation is 2. The van der Waals surface area contributed by atoms with Gasteiger partial charge in [-0.05, 0) is 103 Å². The molecular formula is C31H22N6Na2O9S2. The van der Waals surface area contributed by atoms with Crippen LogP contribution in [0.1, 0.15) is 21.5 Å². The summed E-state index contributed by atoms with van der Waals surface area (Å²) in [6.07, 6.45) is 0. The first kappa shape index (κ1) is 40.7. The van der Waals surface area contributed by atoms with E-state index in [0.29, 0.717) is 34.4 Å². The summed E-state index contributed by atoms with van der Waals surface area (Å²) in [4.78, 5) is 21.1. The van der Waals surface area contributed by atoms with Crippen LogP contribution in [0, 0.1) is 24.0 Å². The average Bonchev–Trinajstić information content (AvgIpc) is 3.02. The molecule has 0 aromatic heterocycles. The first-order valence-corrected chi connectivity index (χ1v) is 16.5. The minimum Gasteiger partial charge on any atom is -0.744 e. The maximum absolute atomic E-state index is 12.5. The third-order valence-corrected chi connectivity index (χ3v) is 8.64. The molecule has 0 heterocycles. The van der Waals surface area contributed by atoms with Gasteiger partial charge >= 0.3 is 59.1 Å². The van der Waals surface area contributed by atoms with E-state index in [1.54, 1.807) is 50.2 Å². The molecule has 0 saturated carbocycles. The summed E-state index contributed by atoms with van der Waals surface area (Å²) in [5.74, 6) is -0.431. The van der Waals surface area contributed by atoms with Crippen molar-refractivity contribution in [3.8, 4) is 0 Å². The predicted molar refractivity (Wildman–Crippen MR) is 172 cm³/mol. The quantitative estimate of drug-likeness (QED) is 0.0754. The molecule has 0 aliphatic rings. The number of fused-ring (bicyclic) bond motifs is 1. The zero-order valence-corrected chi connectivity index (χ0v) is 32.5. The Balaban J connectivity index is 0.00000338. The molecule has 0 spiro atoms. The average molecular weight is 733 g/mol. The summed E-state index contributed by atoms with van der Waals surface area (Å²) < 4.78 is 69.8. The van der Waals surface area contributed by atoms with Crippen molar-refractivity contribution >= 4 is 71.0 Å². The SMILES string of the molecule is Cc1cc(N=Nc2ccc(NC(=O)c3ccc([N+](=O)[O-])cc3)cc2C)ccc1N=Nc1ccc2cc(S(=O)(=O)[O-])cc(S(=O)(=O)[O-])c2c1.[Na+].[Na+]. The molecule has 5 aromatic carbocycles. The Labute approximate surface area is 330 Å². The topological polar surface area (TPSA) is 236 Å². The van der Waals surface area contributed by atoms with Crippen molar-refractivity contribution < 1.29 is 94.8 Å². The number of azo groups is 2. The molecule has 50 heavy (non-hydrogen) atoms. The van der Waals surface area contributed by atoms with Gasteiger partial charge in [0.05, 0.1) is 37.5 Å². The van der Waals surface area contributed by atoms with E-state index in [9.17, 15) is 40.8 Å². The number of rotatable bonds is 9. The molecule has 0 bridgehead atoms. The predicted octanol–water partition coefficient (Wildman–Crippen LogP) is 1.26. The molecule has 0 unspecified atom stereocenters. The molecule has 0 saturated heterocycles. The van der Waals surface area contributed by atoms with Gasteiger partial charge in [-0.15, -0.1) is 0 Å². The molecule has 15 nitrogen and oxygen atoms in total. The maximum Gasteiger partial charge on any atom is 1.00 e. The Hall–Kier alpha value is -3.75. The Morgan fingerprint density at radius 1 is 0.680 bits per heavy atom. The number of carbonyl (C=O) groups excluding carboxylic acids is 1. The van der Waals surface area contributed by atoms with E-state index >= 15 is 0 Å². The third-order valence-electron chi connectivity index (χ3n) is 6.95. The molecular weight excluding hydrogens is 710 g/mol. The van der Waals surface area contributed by atoms with Gasteiger partial charge in [0.1, 0.15) is 20.2 Å². The number of carbonyl (C=O) groups is 1. The van der Waals surface area contributed by atoms with Crippen molar-refractivity contribution in [2.45, 2.75) is 23.6 Å². The van der Waals surface area contributed by atoms with Crippen molar-refractivity contribution in [3.05, 3.63) is 118 Å². The number of nitrogens with zero attached hydrogens (tertiary/aromatic N) is 5. The smallest absolute Gasteiger partial charge is 0.744 e. The zero-order valence-electron chi connectivity index (χ0n) is 26.9. The van der Waals surface area contributed by atoms with Gasteiger partial charge in [-0.2, -0.15) is 20.5 Å². The molecule has 1 N–H and O–H groups in total. The minimum atomic E-state index is -5.14. The van der Waals surface area contributed by atoms with Crippen LogP contribution in [0.15, 0.2) is 121 Å². The van der Waals surface area contributed by atoms with Crippen molar-refractivity contribution in [1.82, 2.24) is 0 Å². The van der Waals surface area contributed by atoms with Gasteiger partial charge in [0, 0.05) is 28.8 Å². The zero-order chi connectivity index (χ0) is 34.8. The van der Waals surface area contributed by atoms with Gasteiger partial charge < -0.3 is 14.4 Å². The number of anilines is 1. The largest absolute Gasteiger partial charge is 1.00 e. The van der Waals surface area contributed by atoms with Crippen LogP contribution in [-0.4, -0.2) is 36.8 Å². The van der Waals surface area contributed by atoms with Crippen molar-refractivity contribution in [3.63, 3.8) is 0 Å². The molecule has 0 radical (unpaired) electrons. The van der Waals surface area contributed by atoms with E-state index in [0.717, 1.165) is 11.6 Å².